The lowest BCUT2D eigenvalue weighted by atomic mass is 10.1. The van der Waals surface area contributed by atoms with Crippen molar-refractivity contribution in [3.05, 3.63) is 23.8 Å². The Hall–Kier alpha value is -1.82. The van der Waals surface area contributed by atoms with E-state index in [9.17, 15) is 4.79 Å². The van der Waals surface area contributed by atoms with Gasteiger partial charge in [-0.25, -0.2) is 0 Å². The maximum atomic E-state index is 11.8. The highest BCUT2D eigenvalue weighted by molar-refractivity contribution is 7.80. The summed E-state index contributed by atoms with van der Waals surface area (Å²) in [5.74, 6) is 0.728. The van der Waals surface area contributed by atoms with Crippen LogP contribution in [-0.2, 0) is 0 Å². The Bertz CT molecular complexity index is 435. The van der Waals surface area contributed by atoms with Gasteiger partial charge in [0.2, 0.25) is 0 Å². The molecule has 0 bridgehead atoms. The number of nitrogens with one attached hydrogen (secondary N) is 1. The molecule has 0 aromatic heterocycles. The molecule has 92 valence electrons. The number of nitrogens with two attached hydrogens (primary N) is 1. The molecular weight excluding hydrogens is 240 g/mol. The van der Waals surface area contributed by atoms with E-state index in [-0.39, 0.29) is 17.4 Å². The summed E-state index contributed by atoms with van der Waals surface area (Å²) in [5, 5.41) is 2.58. The largest absolute Gasteiger partial charge is 0.497 e. The van der Waals surface area contributed by atoms with Crippen molar-refractivity contribution in [2.24, 2.45) is 5.73 Å². The van der Waals surface area contributed by atoms with Crippen molar-refractivity contribution in [1.29, 1.82) is 0 Å². The zero-order valence-electron chi connectivity index (χ0n) is 9.65. The molecule has 0 saturated carbocycles. The van der Waals surface area contributed by atoms with Gasteiger partial charge in [-0.15, -0.1) is 0 Å². The molecule has 1 amide bonds. The highest BCUT2D eigenvalue weighted by Gasteiger charge is 2.13. The maximum Gasteiger partial charge on any atom is 0.255 e. The fraction of sp³-hybridized carbons (Fsp3) is 0.273. The predicted octanol–water partition coefficient (Wildman–Crippen LogP) is 0.720. The van der Waals surface area contributed by atoms with Gasteiger partial charge in [0.05, 0.1) is 31.3 Å². The highest BCUT2D eigenvalue weighted by atomic mass is 32.1. The van der Waals surface area contributed by atoms with Gasteiger partial charge in [0.1, 0.15) is 11.5 Å². The number of methoxy groups -OCH3 is 2. The molecule has 1 rings (SSSR count). The second kappa shape index (κ2) is 6.05. The van der Waals surface area contributed by atoms with Gasteiger partial charge in [0.25, 0.3) is 5.91 Å². The highest BCUT2D eigenvalue weighted by Crippen LogP contribution is 2.23. The van der Waals surface area contributed by atoms with Gasteiger partial charge < -0.3 is 20.5 Å². The summed E-state index contributed by atoms with van der Waals surface area (Å²) in [6.45, 7) is 0.147. The Morgan fingerprint density at radius 2 is 2.12 bits per heavy atom. The summed E-state index contributed by atoms with van der Waals surface area (Å²) in [6.07, 6.45) is 0. The lowest BCUT2D eigenvalue weighted by Crippen LogP contribution is -2.32. The summed E-state index contributed by atoms with van der Waals surface area (Å²) in [5.41, 5.74) is 5.68. The molecule has 0 spiro atoms. The van der Waals surface area contributed by atoms with E-state index >= 15 is 0 Å². The van der Waals surface area contributed by atoms with Crippen LogP contribution in [0.2, 0.25) is 0 Å². The van der Waals surface area contributed by atoms with Crippen molar-refractivity contribution in [2.45, 2.75) is 0 Å². The molecule has 0 radical (unpaired) electrons. The molecule has 0 unspecified atom stereocenters. The number of hydrogen-bond acceptors (Lipinski definition) is 4. The first-order valence-corrected chi connectivity index (χ1v) is 5.28. The summed E-state index contributed by atoms with van der Waals surface area (Å²) in [7, 11) is 3.02. The second-order valence-electron chi connectivity index (χ2n) is 3.22. The molecule has 1 aromatic rings. The standard InChI is InChI=1S/C11H14N2O3S/c1-15-7-3-4-9(16-2)8(5-7)11(14)13-6-10(12)17/h3-5H,6H2,1-2H3,(H2,12,17)(H,13,14). The van der Waals surface area contributed by atoms with Crippen LogP contribution in [0.15, 0.2) is 18.2 Å². The molecule has 0 atom stereocenters. The molecule has 0 aliphatic rings. The number of carbonyl (C=O) groups is 1. The number of thiocarbonyl (C=S) groups is 1. The van der Waals surface area contributed by atoms with Crippen molar-refractivity contribution < 1.29 is 14.3 Å². The van der Waals surface area contributed by atoms with E-state index in [0.29, 0.717) is 17.1 Å². The van der Waals surface area contributed by atoms with Crippen molar-refractivity contribution in [3.63, 3.8) is 0 Å². The SMILES string of the molecule is COc1ccc(OC)c(C(=O)NCC(N)=S)c1. The van der Waals surface area contributed by atoms with Crippen molar-refractivity contribution in [3.8, 4) is 11.5 Å². The molecule has 3 N–H and O–H groups in total. The van der Waals surface area contributed by atoms with E-state index in [1.54, 1.807) is 18.2 Å². The minimum absolute atomic E-state index is 0.147. The number of hydrogen-bond donors (Lipinski definition) is 2. The lowest BCUT2D eigenvalue weighted by Gasteiger charge is -2.10. The number of ether oxygens (including phenoxy) is 2. The minimum atomic E-state index is -0.312. The Labute approximate surface area is 105 Å². The number of amides is 1. The first kappa shape index (κ1) is 13.2. The third-order valence-corrected chi connectivity index (χ3v) is 2.22. The molecule has 5 nitrogen and oxygen atoms in total. The third-order valence-electron chi connectivity index (χ3n) is 2.07. The lowest BCUT2D eigenvalue weighted by molar-refractivity contribution is 0.0956. The van der Waals surface area contributed by atoms with Crippen LogP contribution in [0, 0.1) is 0 Å². The molecule has 17 heavy (non-hydrogen) atoms. The molecule has 0 aliphatic heterocycles. The van der Waals surface area contributed by atoms with Crippen LogP contribution in [0.25, 0.3) is 0 Å². The van der Waals surface area contributed by atoms with Crippen LogP contribution in [0.4, 0.5) is 0 Å². The van der Waals surface area contributed by atoms with Gasteiger partial charge in [-0.3, -0.25) is 4.79 Å². The monoisotopic (exact) mass is 254 g/mol. The molecule has 0 heterocycles. The van der Waals surface area contributed by atoms with Gasteiger partial charge in [-0.1, -0.05) is 12.2 Å². The topological polar surface area (TPSA) is 73.6 Å². The summed E-state index contributed by atoms with van der Waals surface area (Å²) < 4.78 is 10.1. The number of rotatable bonds is 5. The molecule has 1 aromatic carbocycles. The zero-order valence-corrected chi connectivity index (χ0v) is 10.5. The molecule has 6 heteroatoms. The third kappa shape index (κ3) is 3.60. The van der Waals surface area contributed by atoms with Gasteiger partial charge >= 0.3 is 0 Å². The Kier molecular flexibility index (Phi) is 4.71. The molecule has 0 aliphatic carbocycles. The molecular formula is C11H14N2O3S. The fourth-order valence-corrected chi connectivity index (χ4v) is 1.33. The Balaban J connectivity index is 2.93. The smallest absolute Gasteiger partial charge is 0.255 e. The quantitative estimate of drug-likeness (QED) is 0.757. The van der Waals surface area contributed by atoms with E-state index in [1.165, 1.54) is 14.2 Å². The van der Waals surface area contributed by atoms with Crippen LogP contribution in [0.5, 0.6) is 11.5 Å². The van der Waals surface area contributed by atoms with E-state index in [0.717, 1.165) is 0 Å². The number of benzene rings is 1. The van der Waals surface area contributed by atoms with Gasteiger partial charge in [0.15, 0.2) is 0 Å². The average Bonchev–Trinajstić information content (AvgIpc) is 2.34. The first-order valence-electron chi connectivity index (χ1n) is 4.87. The Morgan fingerprint density at radius 3 is 2.65 bits per heavy atom. The van der Waals surface area contributed by atoms with E-state index in [1.807, 2.05) is 0 Å². The summed E-state index contributed by atoms with van der Waals surface area (Å²) in [4.78, 5) is 12.1. The van der Waals surface area contributed by atoms with Crippen molar-refractivity contribution in [1.82, 2.24) is 5.32 Å². The average molecular weight is 254 g/mol. The first-order chi connectivity index (χ1) is 8.08. The number of carbonyl (C=O) groups excluding carboxylic acids is 1. The summed E-state index contributed by atoms with van der Waals surface area (Å²) in [6, 6.07) is 4.96. The van der Waals surface area contributed by atoms with E-state index in [2.05, 4.69) is 17.5 Å². The second-order valence-corrected chi connectivity index (χ2v) is 3.74. The van der Waals surface area contributed by atoms with Crippen LogP contribution >= 0.6 is 12.2 Å². The maximum absolute atomic E-state index is 11.8. The summed E-state index contributed by atoms with van der Waals surface area (Å²) >= 11 is 4.68. The normalized spacial score (nSPS) is 9.53. The Morgan fingerprint density at radius 1 is 1.41 bits per heavy atom. The van der Waals surface area contributed by atoms with Crippen LogP contribution in [0.1, 0.15) is 10.4 Å². The van der Waals surface area contributed by atoms with Gasteiger partial charge in [-0.2, -0.15) is 0 Å². The zero-order chi connectivity index (χ0) is 12.8. The minimum Gasteiger partial charge on any atom is -0.497 e. The van der Waals surface area contributed by atoms with Crippen LogP contribution in [0.3, 0.4) is 0 Å². The predicted molar refractivity (Wildman–Crippen MR) is 68.7 cm³/mol. The van der Waals surface area contributed by atoms with Crippen molar-refractivity contribution >= 4 is 23.1 Å². The van der Waals surface area contributed by atoms with E-state index < -0.39 is 0 Å². The molecule has 0 saturated heterocycles. The van der Waals surface area contributed by atoms with Crippen LogP contribution in [-0.4, -0.2) is 31.7 Å². The van der Waals surface area contributed by atoms with Crippen molar-refractivity contribution in [2.75, 3.05) is 20.8 Å². The van der Waals surface area contributed by atoms with E-state index in [4.69, 9.17) is 15.2 Å². The molecule has 0 fully saturated rings. The fourth-order valence-electron chi connectivity index (χ4n) is 1.25. The van der Waals surface area contributed by atoms with Gasteiger partial charge in [-0.05, 0) is 18.2 Å². The van der Waals surface area contributed by atoms with Gasteiger partial charge in [0, 0.05) is 0 Å². The van der Waals surface area contributed by atoms with Crippen LogP contribution < -0.4 is 20.5 Å².